The first-order valence-corrected chi connectivity index (χ1v) is 11.0. The van der Waals surface area contributed by atoms with Gasteiger partial charge in [-0.25, -0.2) is 4.98 Å². The molecule has 3 aromatic carbocycles. The summed E-state index contributed by atoms with van der Waals surface area (Å²) in [6.07, 6.45) is 3.53. The molecule has 2 aromatic heterocycles. The molecule has 0 atom stereocenters. The van der Waals surface area contributed by atoms with E-state index in [2.05, 4.69) is 27.8 Å². The van der Waals surface area contributed by atoms with Gasteiger partial charge in [0.25, 0.3) is 0 Å². The van der Waals surface area contributed by atoms with Crippen molar-refractivity contribution in [2.75, 3.05) is 5.75 Å². The number of furan rings is 1. The zero-order valence-corrected chi connectivity index (χ0v) is 17.6. The lowest BCUT2D eigenvalue weighted by Gasteiger charge is -2.11. The van der Waals surface area contributed by atoms with Gasteiger partial charge in [-0.1, -0.05) is 78.5 Å². The third kappa shape index (κ3) is 4.18. The molecule has 0 bridgehead atoms. The molecule has 5 aromatic rings. The summed E-state index contributed by atoms with van der Waals surface area (Å²) in [5.74, 6) is 1.25. The molecule has 31 heavy (non-hydrogen) atoms. The molecule has 0 spiro atoms. The van der Waals surface area contributed by atoms with E-state index < -0.39 is 0 Å². The van der Waals surface area contributed by atoms with E-state index in [1.54, 1.807) is 6.26 Å². The van der Waals surface area contributed by atoms with E-state index >= 15 is 0 Å². The van der Waals surface area contributed by atoms with Crippen LogP contribution in [0.15, 0.2) is 107 Å². The van der Waals surface area contributed by atoms with Gasteiger partial charge in [-0.3, -0.25) is 4.79 Å². The summed E-state index contributed by atoms with van der Waals surface area (Å²) in [4.78, 5) is 17.5. The van der Waals surface area contributed by atoms with E-state index in [4.69, 9.17) is 4.42 Å². The number of carbonyl (C=O) groups excluding carboxylic acids is 1. The van der Waals surface area contributed by atoms with Crippen molar-refractivity contribution in [2.24, 2.45) is 0 Å². The summed E-state index contributed by atoms with van der Waals surface area (Å²) in [6, 6.07) is 27.9. The number of benzene rings is 3. The smallest absolute Gasteiger partial charge is 0.173 e. The van der Waals surface area contributed by atoms with E-state index in [1.165, 1.54) is 11.8 Å². The van der Waals surface area contributed by atoms with Crippen LogP contribution in [-0.2, 0) is 6.54 Å². The van der Waals surface area contributed by atoms with Gasteiger partial charge in [-0.15, -0.1) is 0 Å². The third-order valence-corrected chi connectivity index (χ3v) is 6.18. The fourth-order valence-electron chi connectivity index (χ4n) is 3.60. The Labute approximate surface area is 184 Å². The number of aromatic nitrogens is 2. The summed E-state index contributed by atoms with van der Waals surface area (Å²) in [5.41, 5.74) is 2.80. The molecule has 0 aliphatic heterocycles. The molecular formula is C26H20N2O2S. The second kappa shape index (κ2) is 8.66. The largest absolute Gasteiger partial charge is 0.467 e. The number of thioether (sulfide) groups is 1. The van der Waals surface area contributed by atoms with E-state index in [0.717, 1.165) is 38.5 Å². The Hall–Kier alpha value is -3.57. The molecule has 5 heteroatoms. The minimum absolute atomic E-state index is 0.0876. The third-order valence-electron chi connectivity index (χ3n) is 5.19. The van der Waals surface area contributed by atoms with Gasteiger partial charge >= 0.3 is 0 Å². The number of carbonyl (C=O) groups is 1. The van der Waals surface area contributed by atoms with Crippen LogP contribution in [-0.4, -0.2) is 21.1 Å². The molecule has 0 radical (unpaired) electrons. The number of imidazole rings is 1. The van der Waals surface area contributed by atoms with Crippen molar-refractivity contribution in [3.63, 3.8) is 0 Å². The monoisotopic (exact) mass is 424 g/mol. The number of hydrogen-bond acceptors (Lipinski definition) is 4. The Morgan fingerprint density at radius 1 is 0.903 bits per heavy atom. The lowest BCUT2D eigenvalue weighted by molar-refractivity contribution is 0.102. The van der Waals surface area contributed by atoms with Gasteiger partial charge in [0.1, 0.15) is 5.76 Å². The van der Waals surface area contributed by atoms with Crippen LogP contribution in [0.3, 0.4) is 0 Å². The number of rotatable bonds is 7. The van der Waals surface area contributed by atoms with E-state index in [-0.39, 0.29) is 5.78 Å². The standard InChI is InChI=1S/C26H20N2O2S/c29-25(22-13-12-19-7-4-5-10-21(19)15-22)18-31-26-27-16-24(20-8-2-1-3-9-20)28(26)17-23-11-6-14-30-23/h1-16H,17-18H2. The predicted octanol–water partition coefficient (Wildman–Crippen LogP) is 6.32. The molecule has 2 heterocycles. The van der Waals surface area contributed by atoms with Crippen LogP contribution in [0.4, 0.5) is 0 Å². The average Bonchev–Trinajstić information content (AvgIpc) is 3.48. The Bertz CT molecular complexity index is 1320. The van der Waals surface area contributed by atoms with Crippen molar-refractivity contribution in [2.45, 2.75) is 11.7 Å². The molecule has 5 rings (SSSR count). The van der Waals surface area contributed by atoms with Crippen molar-refractivity contribution in [3.05, 3.63) is 109 Å². The van der Waals surface area contributed by atoms with Crippen LogP contribution < -0.4 is 0 Å². The van der Waals surface area contributed by atoms with Crippen LogP contribution in [0.5, 0.6) is 0 Å². The van der Waals surface area contributed by atoms with Gasteiger partial charge in [-0.2, -0.15) is 0 Å². The SMILES string of the molecule is O=C(CSc1ncc(-c2ccccc2)n1Cc1ccco1)c1ccc2ccccc2c1. The second-order valence-corrected chi connectivity index (χ2v) is 8.17. The first-order valence-electron chi connectivity index (χ1n) is 10.1. The minimum atomic E-state index is 0.0876. The fourth-order valence-corrected chi connectivity index (χ4v) is 4.47. The topological polar surface area (TPSA) is 48.0 Å². The molecule has 0 N–H and O–H groups in total. The Morgan fingerprint density at radius 2 is 1.71 bits per heavy atom. The van der Waals surface area contributed by atoms with Crippen LogP contribution in [0.25, 0.3) is 22.0 Å². The van der Waals surface area contributed by atoms with Gasteiger partial charge in [0.2, 0.25) is 0 Å². The van der Waals surface area contributed by atoms with Crippen molar-refractivity contribution >= 4 is 28.3 Å². The molecule has 0 saturated carbocycles. The van der Waals surface area contributed by atoms with Gasteiger partial charge in [0.15, 0.2) is 10.9 Å². The Kier molecular flexibility index (Phi) is 5.42. The second-order valence-electron chi connectivity index (χ2n) is 7.23. The van der Waals surface area contributed by atoms with E-state index in [9.17, 15) is 4.79 Å². The molecule has 0 unspecified atom stereocenters. The lowest BCUT2D eigenvalue weighted by atomic mass is 10.1. The van der Waals surface area contributed by atoms with Crippen molar-refractivity contribution in [1.29, 1.82) is 0 Å². The van der Waals surface area contributed by atoms with Gasteiger partial charge in [0, 0.05) is 5.56 Å². The average molecular weight is 425 g/mol. The number of Topliss-reactive ketones (excluding diaryl/α,β-unsaturated/α-hetero) is 1. The predicted molar refractivity (Wildman–Crippen MR) is 124 cm³/mol. The zero-order chi connectivity index (χ0) is 21.0. The van der Waals surface area contributed by atoms with E-state index in [1.807, 2.05) is 72.9 Å². The van der Waals surface area contributed by atoms with Gasteiger partial charge < -0.3 is 8.98 Å². The Morgan fingerprint density at radius 3 is 2.52 bits per heavy atom. The van der Waals surface area contributed by atoms with Crippen LogP contribution in [0.1, 0.15) is 16.1 Å². The number of nitrogens with zero attached hydrogens (tertiary/aromatic N) is 2. The summed E-state index contributed by atoms with van der Waals surface area (Å²) < 4.78 is 7.67. The summed E-state index contributed by atoms with van der Waals surface area (Å²) in [7, 11) is 0. The normalized spacial score (nSPS) is 11.1. The summed E-state index contributed by atoms with van der Waals surface area (Å²) in [6.45, 7) is 0.559. The lowest BCUT2D eigenvalue weighted by Crippen LogP contribution is -2.06. The summed E-state index contributed by atoms with van der Waals surface area (Å²) >= 11 is 1.45. The molecular weight excluding hydrogens is 404 g/mol. The highest BCUT2D eigenvalue weighted by molar-refractivity contribution is 7.99. The summed E-state index contributed by atoms with van der Waals surface area (Å²) in [5, 5.41) is 3.00. The number of ketones is 1. The molecule has 0 saturated heterocycles. The quantitative estimate of drug-likeness (QED) is 0.227. The molecule has 4 nitrogen and oxygen atoms in total. The molecule has 0 aliphatic carbocycles. The van der Waals surface area contributed by atoms with Gasteiger partial charge in [0.05, 0.1) is 30.5 Å². The zero-order valence-electron chi connectivity index (χ0n) is 16.8. The maximum atomic E-state index is 12.9. The maximum Gasteiger partial charge on any atom is 0.173 e. The number of hydrogen-bond donors (Lipinski definition) is 0. The Balaban J connectivity index is 1.40. The molecule has 0 amide bonds. The maximum absolute atomic E-state index is 12.9. The highest BCUT2D eigenvalue weighted by Crippen LogP contribution is 2.28. The first-order chi connectivity index (χ1) is 15.3. The molecule has 152 valence electrons. The van der Waals surface area contributed by atoms with Crippen molar-refractivity contribution in [3.8, 4) is 11.3 Å². The first kappa shape index (κ1) is 19.4. The molecule has 0 aliphatic rings. The number of fused-ring (bicyclic) bond motifs is 1. The fraction of sp³-hybridized carbons (Fsp3) is 0.0769. The van der Waals surface area contributed by atoms with Crippen molar-refractivity contribution < 1.29 is 9.21 Å². The molecule has 0 fully saturated rings. The highest BCUT2D eigenvalue weighted by Gasteiger charge is 2.16. The minimum Gasteiger partial charge on any atom is -0.467 e. The van der Waals surface area contributed by atoms with Crippen LogP contribution >= 0.6 is 11.8 Å². The van der Waals surface area contributed by atoms with Crippen molar-refractivity contribution in [1.82, 2.24) is 9.55 Å². The highest BCUT2D eigenvalue weighted by atomic mass is 32.2. The van der Waals surface area contributed by atoms with E-state index in [0.29, 0.717) is 12.3 Å². The van der Waals surface area contributed by atoms with Crippen LogP contribution in [0.2, 0.25) is 0 Å². The van der Waals surface area contributed by atoms with Crippen LogP contribution in [0, 0.1) is 0 Å². The van der Waals surface area contributed by atoms with Gasteiger partial charge in [-0.05, 0) is 34.5 Å².